The van der Waals surface area contributed by atoms with Crippen LogP contribution in [0.5, 0.6) is 0 Å². The first-order valence-corrected chi connectivity index (χ1v) is 7.23. The van der Waals surface area contributed by atoms with Crippen LogP contribution < -0.4 is 0 Å². The molecule has 2 rings (SSSR count). The Balaban J connectivity index is 1.92. The number of piperidine rings is 1. The molecule has 1 aromatic rings. The maximum Gasteiger partial charge on any atom is 0.0253 e. The van der Waals surface area contributed by atoms with Crippen LogP contribution in [-0.4, -0.2) is 24.0 Å². The van der Waals surface area contributed by atoms with Crippen LogP contribution in [0.3, 0.4) is 0 Å². The van der Waals surface area contributed by atoms with Gasteiger partial charge in [0.1, 0.15) is 0 Å². The predicted molar refractivity (Wildman–Crippen MR) is 78.1 cm³/mol. The first kappa shape index (κ1) is 12.8. The highest BCUT2D eigenvalue weighted by Crippen LogP contribution is 2.15. The van der Waals surface area contributed by atoms with Gasteiger partial charge in [0, 0.05) is 10.5 Å². The molecule has 1 atom stereocenters. The van der Waals surface area contributed by atoms with Gasteiger partial charge < -0.3 is 0 Å². The van der Waals surface area contributed by atoms with Gasteiger partial charge in [-0.2, -0.15) is 0 Å². The van der Waals surface area contributed by atoms with E-state index in [-0.39, 0.29) is 0 Å². The normalized spacial score (nSPS) is 19.6. The van der Waals surface area contributed by atoms with Crippen LogP contribution in [0.1, 0.15) is 31.7 Å². The van der Waals surface area contributed by atoms with Crippen molar-refractivity contribution < 1.29 is 0 Å². The van der Waals surface area contributed by atoms with E-state index in [1.807, 2.05) is 0 Å². The Morgan fingerprint density at radius 1 is 1.12 bits per heavy atom. The molecule has 1 saturated heterocycles. The summed E-state index contributed by atoms with van der Waals surface area (Å²) < 4.78 is 1.14. The summed E-state index contributed by atoms with van der Waals surface area (Å²) in [5.74, 6) is 0. The number of nitrogens with zero attached hydrogens (tertiary/aromatic N) is 1. The highest BCUT2D eigenvalue weighted by molar-refractivity contribution is 9.10. The van der Waals surface area contributed by atoms with E-state index in [1.54, 1.807) is 0 Å². The zero-order valence-corrected chi connectivity index (χ0v) is 12.0. The molecule has 2 heteroatoms. The number of benzene rings is 1. The average Bonchev–Trinajstić information content (AvgIpc) is 2.39. The minimum absolute atomic E-state index is 0.555. The number of hydrogen-bond acceptors (Lipinski definition) is 1. The van der Waals surface area contributed by atoms with E-state index >= 15 is 0 Å². The Morgan fingerprint density at radius 2 is 1.76 bits per heavy atom. The topological polar surface area (TPSA) is 3.24 Å². The monoisotopic (exact) mass is 293 g/mol. The molecule has 0 radical (unpaired) electrons. The minimum atomic E-state index is 0.555. The quantitative estimate of drug-likeness (QED) is 0.801. The molecule has 1 heterocycles. The second kappa shape index (κ2) is 6.36. The molecule has 0 amide bonds. The fraction of sp³-hybridized carbons (Fsp3) is 0.467. The van der Waals surface area contributed by atoms with Gasteiger partial charge in [0.2, 0.25) is 0 Å². The average molecular weight is 294 g/mol. The third kappa shape index (κ3) is 3.97. The van der Waals surface area contributed by atoms with Crippen LogP contribution in [0, 0.1) is 0 Å². The first-order valence-electron chi connectivity index (χ1n) is 6.43. The molecule has 0 saturated carbocycles. The molecule has 0 aromatic heterocycles. The molecule has 1 unspecified atom stereocenters. The van der Waals surface area contributed by atoms with Crippen molar-refractivity contribution in [2.45, 2.75) is 32.2 Å². The molecular weight excluding hydrogens is 274 g/mol. The van der Waals surface area contributed by atoms with E-state index in [4.69, 9.17) is 0 Å². The molecule has 1 nitrogen and oxygen atoms in total. The zero-order chi connectivity index (χ0) is 12.1. The summed E-state index contributed by atoms with van der Waals surface area (Å²) in [6, 6.07) is 9.02. The van der Waals surface area contributed by atoms with Gasteiger partial charge in [0.15, 0.2) is 0 Å². The lowest BCUT2D eigenvalue weighted by atomic mass is 10.1. The van der Waals surface area contributed by atoms with Crippen molar-refractivity contribution in [1.29, 1.82) is 0 Å². The van der Waals surface area contributed by atoms with Crippen LogP contribution in [0.4, 0.5) is 0 Å². The Kier molecular flexibility index (Phi) is 4.81. The smallest absolute Gasteiger partial charge is 0.0253 e. The summed E-state index contributed by atoms with van der Waals surface area (Å²) in [6.45, 7) is 4.80. The molecule has 92 valence electrons. The third-order valence-corrected chi connectivity index (χ3v) is 3.93. The summed E-state index contributed by atoms with van der Waals surface area (Å²) in [6.07, 6.45) is 8.66. The van der Waals surface area contributed by atoms with Gasteiger partial charge in [-0.15, -0.1) is 0 Å². The van der Waals surface area contributed by atoms with Crippen molar-refractivity contribution in [1.82, 2.24) is 4.90 Å². The molecular formula is C15H20BrN. The van der Waals surface area contributed by atoms with Gasteiger partial charge in [0.25, 0.3) is 0 Å². The van der Waals surface area contributed by atoms with Crippen LogP contribution in [-0.2, 0) is 0 Å². The van der Waals surface area contributed by atoms with Gasteiger partial charge in [-0.05, 0) is 50.6 Å². The lowest BCUT2D eigenvalue weighted by molar-refractivity contribution is 0.201. The van der Waals surface area contributed by atoms with Gasteiger partial charge in [-0.25, -0.2) is 0 Å². The SMILES string of the molecule is CC(/C=C/c1ccc(Br)cc1)N1CCCCC1. The van der Waals surface area contributed by atoms with Gasteiger partial charge in [-0.3, -0.25) is 4.90 Å². The molecule has 1 aromatic carbocycles. The summed E-state index contributed by atoms with van der Waals surface area (Å²) in [7, 11) is 0. The van der Waals surface area contributed by atoms with Crippen molar-refractivity contribution >= 4 is 22.0 Å². The molecule has 1 aliphatic heterocycles. The summed E-state index contributed by atoms with van der Waals surface area (Å²) in [4.78, 5) is 2.57. The predicted octanol–water partition coefficient (Wildman–Crippen LogP) is 4.34. The maximum absolute atomic E-state index is 3.46. The Morgan fingerprint density at radius 3 is 2.41 bits per heavy atom. The number of rotatable bonds is 3. The zero-order valence-electron chi connectivity index (χ0n) is 10.4. The second-order valence-electron chi connectivity index (χ2n) is 4.75. The van der Waals surface area contributed by atoms with Gasteiger partial charge >= 0.3 is 0 Å². The molecule has 1 aliphatic rings. The van der Waals surface area contributed by atoms with E-state index in [9.17, 15) is 0 Å². The van der Waals surface area contributed by atoms with E-state index in [0.29, 0.717) is 6.04 Å². The molecule has 17 heavy (non-hydrogen) atoms. The van der Waals surface area contributed by atoms with Crippen molar-refractivity contribution in [3.8, 4) is 0 Å². The van der Waals surface area contributed by atoms with Crippen molar-refractivity contribution in [3.05, 3.63) is 40.4 Å². The molecule has 0 aliphatic carbocycles. The van der Waals surface area contributed by atoms with E-state index < -0.39 is 0 Å². The number of halogens is 1. The van der Waals surface area contributed by atoms with E-state index in [1.165, 1.54) is 37.9 Å². The standard InChI is InChI=1S/C15H20BrN/c1-13(17-11-3-2-4-12-17)5-6-14-7-9-15(16)10-8-14/h5-10,13H,2-4,11-12H2,1H3/b6-5+. The van der Waals surface area contributed by atoms with Crippen LogP contribution in [0.2, 0.25) is 0 Å². The molecule has 0 N–H and O–H groups in total. The number of likely N-dealkylation sites (tertiary alicyclic amines) is 1. The highest BCUT2D eigenvalue weighted by atomic mass is 79.9. The van der Waals surface area contributed by atoms with Crippen molar-refractivity contribution in [2.24, 2.45) is 0 Å². The fourth-order valence-corrected chi connectivity index (χ4v) is 2.54. The third-order valence-electron chi connectivity index (χ3n) is 3.40. The van der Waals surface area contributed by atoms with Crippen LogP contribution in [0.25, 0.3) is 6.08 Å². The largest absolute Gasteiger partial charge is 0.297 e. The van der Waals surface area contributed by atoms with Crippen LogP contribution in [0.15, 0.2) is 34.8 Å². The highest BCUT2D eigenvalue weighted by Gasteiger charge is 2.13. The Hall–Kier alpha value is -0.600. The lowest BCUT2D eigenvalue weighted by Gasteiger charge is -2.30. The summed E-state index contributed by atoms with van der Waals surface area (Å²) in [5, 5.41) is 0. The summed E-state index contributed by atoms with van der Waals surface area (Å²) >= 11 is 3.46. The van der Waals surface area contributed by atoms with Gasteiger partial charge in [0.05, 0.1) is 0 Å². The second-order valence-corrected chi connectivity index (χ2v) is 5.66. The Bertz CT molecular complexity index is 363. The Labute approximate surface area is 113 Å². The lowest BCUT2D eigenvalue weighted by Crippen LogP contribution is -2.36. The fourth-order valence-electron chi connectivity index (χ4n) is 2.27. The molecule has 0 spiro atoms. The molecule has 0 bridgehead atoms. The van der Waals surface area contributed by atoms with Crippen molar-refractivity contribution in [2.75, 3.05) is 13.1 Å². The summed E-state index contributed by atoms with van der Waals surface area (Å²) in [5.41, 5.74) is 1.28. The minimum Gasteiger partial charge on any atom is -0.297 e. The number of hydrogen-bond donors (Lipinski definition) is 0. The van der Waals surface area contributed by atoms with Gasteiger partial charge in [-0.1, -0.05) is 46.6 Å². The van der Waals surface area contributed by atoms with E-state index in [0.717, 1.165) is 4.47 Å². The molecule has 1 fully saturated rings. The van der Waals surface area contributed by atoms with Crippen molar-refractivity contribution in [3.63, 3.8) is 0 Å². The first-order chi connectivity index (χ1) is 8.25. The van der Waals surface area contributed by atoms with Crippen LogP contribution >= 0.6 is 15.9 Å². The maximum atomic E-state index is 3.46. The van der Waals surface area contributed by atoms with E-state index in [2.05, 4.69) is 64.2 Å².